The van der Waals surface area contributed by atoms with Crippen LogP contribution in [0.5, 0.6) is 5.75 Å². The topological polar surface area (TPSA) is 119 Å². The Bertz CT molecular complexity index is 636. The molecule has 0 fully saturated rings. The van der Waals surface area contributed by atoms with Gasteiger partial charge in [0, 0.05) is 11.1 Å². The average molecular weight is 359 g/mol. The fourth-order valence-electron chi connectivity index (χ4n) is 1.93. The van der Waals surface area contributed by atoms with Gasteiger partial charge in [-0.15, -0.1) is 0 Å². The van der Waals surface area contributed by atoms with Gasteiger partial charge < -0.3 is 15.2 Å². The lowest BCUT2D eigenvalue weighted by atomic mass is 9.99. The van der Waals surface area contributed by atoms with Gasteiger partial charge in [-0.05, 0) is 25.0 Å². The quantitative estimate of drug-likeness (QED) is 0.544. The molecule has 0 heterocycles. The number of amides is 1. The van der Waals surface area contributed by atoms with Crippen molar-refractivity contribution in [2.75, 3.05) is 0 Å². The highest BCUT2D eigenvalue weighted by Crippen LogP contribution is 2.30. The zero-order valence-electron chi connectivity index (χ0n) is 13.5. The SMILES string of the molecule is CC[C@H](C)[C@H](NC(=O)C(C)Oc1ccc(Cl)cc1[N+](=O)[O-])C(=O)O. The van der Waals surface area contributed by atoms with Crippen LogP contribution in [0.25, 0.3) is 0 Å². The number of nitrogens with zero attached hydrogens (tertiary/aromatic N) is 1. The van der Waals surface area contributed by atoms with E-state index in [1.165, 1.54) is 19.1 Å². The van der Waals surface area contributed by atoms with Crippen molar-refractivity contribution in [3.05, 3.63) is 33.3 Å². The number of carboxylic acids is 1. The molecular weight excluding hydrogens is 340 g/mol. The van der Waals surface area contributed by atoms with E-state index in [-0.39, 0.29) is 22.4 Å². The monoisotopic (exact) mass is 358 g/mol. The van der Waals surface area contributed by atoms with E-state index in [0.717, 1.165) is 6.07 Å². The number of halogens is 1. The fraction of sp³-hybridized carbons (Fsp3) is 0.467. The maximum Gasteiger partial charge on any atom is 0.326 e. The molecule has 1 rings (SSSR count). The summed E-state index contributed by atoms with van der Waals surface area (Å²) in [6, 6.07) is 2.73. The van der Waals surface area contributed by atoms with Crippen molar-refractivity contribution < 1.29 is 24.4 Å². The summed E-state index contributed by atoms with van der Waals surface area (Å²) in [5.41, 5.74) is -0.376. The van der Waals surface area contributed by atoms with E-state index in [2.05, 4.69) is 5.32 Å². The van der Waals surface area contributed by atoms with Crippen molar-refractivity contribution >= 4 is 29.2 Å². The van der Waals surface area contributed by atoms with Crippen LogP contribution in [0.4, 0.5) is 5.69 Å². The minimum atomic E-state index is -1.15. The minimum Gasteiger partial charge on any atom is -0.480 e. The van der Waals surface area contributed by atoms with Crippen molar-refractivity contribution in [2.45, 2.75) is 39.3 Å². The molecule has 132 valence electrons. The first kappa shape index (κ1) is 19.7. The van der Waals surface area contributed by atoms with Gasteiger partial charge in [0.2, 0.25) is 0 Å². The van der Waals surface area contributed by atoms with E-state index in [9.17, 15) is 24.8 Å². The standard InChI is InChI=1S/C15H19ClN2O6/c1-4-8(2)13(15(20)21)17-14(19)9(3)24-12-6-5-10(16)7-11(12)18(22)23/h5-9,13H,4H2,1-3H3,(H,17,19)(H,20,21)/t8-,9?,13-/m0/s1. The second kappa shape index (κ2) is 8.49. The number of rotatable bonds is 8. The molecule has 0 bridgehead atoms. The summed E-state index contributed by atoms with van der Waals surface area (Å²) in [4.78, 5) is 33.7. The molecule has 8 nitrogen and oxygen atoms in total. The van der Waals surface area contributed by atoms with Crippen LogP contribution in [0.2, 0.25) is 5.02 Å². The number of carbonyl (C=O) groups is 2. The molecule has 0 saturated carbocycles. The lowest BCUT2D eigenvalue weighted by molar-refractivity contribution is -0.386. The van der Waals surface area contributed by atoms with Gasteiger partial charge in [-0.25, -0.2) is 4.79 Å². The van der Waals surface area contributed by atoms with Crippen LogP contribution in [-0.4, -0.2) is 34.1 Å². The molecule has 1 amide bonds. The van der Waals surface area contributed by atoms with Gasteiger partial charge in [0.25, 0.3) is 5.91 Å². The Kier molecular flexibility index (Phi) is 6.97. The minimum absolute atomic E-state index is 0.123. The van der Waals surface area contributed by atoms with Gasteiger partial charge in [0.05, 0.1) is 4.92 Å². The third-order valence-corrected chi connectivity index (χ3v) is 3.80. The van der Waals surface area contributed by atoms with Crippen LogP contribution >= 0.6 is 11.6 Å². The fourth-order valence-corrected chi connectivity index (χ4v) is 2.10. The van der Waals surface area contributed by atoms with Crippen molar-refractivity contribution in [1.29, 1.82) is 0 Å². The van der Waals surface area contributed by atoms with E-state index in [0.29, 0.717) is 6.42 Å². The molecule has 24 heavy (non-hydrogen) atoms. The Morgan fingerprint density at radius 3 is 2.54 bits per heavy atom. The average Bonchev–Trinajstić information content (AvgIpc) is 2.52. The maximum atomic E-state index is 12.1. The van der Waals surface area contributed by atoms with Crippen LogP contribution in [0.15, 0.2) is 18.2 Å². The molecule has 2 N–H and O–H groups in total. The highest BCUT2D eigenvalue weighted by atomic mass is 35.5. The molecule has 0 aromatic heterocycles. The van der Waals surface area contributed by atoms with E-state index < -0.39 is 28.9 Å². The molecule has 0 saturated heterocycles. The number of hydrogen-bond acceptors (Lipinski definition) is 5. The third-order valence-electron chi connectivity index (χ3n) is 3.57. The summed E-state index contributed by atoms with van der Waals surface area (Å²) in [6.45, 7) is 4.89. The van der Waals surface area contributed by atoms with Gasteiger partial charge in [-0.1, -0.05) is 31.9 Å². The van der Waals surface area contributed by atoms with Gasteiger partial charge in [-0.2, -0.15) is 0 Å². The number of carbonyl (C=O) groups excluding carboxylic acids is 1. The summed E-state index contributed by atoms with van der Waals surface area (Å²) in [7, 11) is 0. The highest BCUT2D eigenvalue weighted by molar-refractivity contribution is 6.30. The molecule has 3 atom stereocenters. The number of ether oxygens (including phenoxy) is 1. The van der Waals surface area contributed by atoms with Gasteiger partial charge in [0.15, 0.2) is 11.9 Å². The second-order valence-electron chi connectivity index (χ2n) is 5.34. The number of benzene rings is 1. The Labute approximate surface area is 143 Å². The van der Waals surface area contributed by atoms with E-state index in [4.69, 9.17) is 16.3 Å². The van der Waals surface area contributed by atoms with Crippen LogP contribution in [0.3, 0.4) is 0 Å². The van der Waals surface area contributed by atoms with Crippen molar-refractivity contribution in [2.24, 2.45) is 5.92 Å². The van der Waals surface area contributed by atoms with Crippen LogP contribution in [0.1, 0.15) is 27.2 Å². The van der Waals surface area contributed by atoms with Crippen molar-refractivity contribution in [3.63, 3.8) is 0 Å². The lowest BCUT2D eigenvalue weighted by Gasteiger charge is -2.22. The molecule has 9 heteroatoms. The summed E-state index contributed by atoms with van der Waals surface area (Å²) < 4.78 is 5.31. The number of aliphatic carboxylic acids is 1. The van der Waals surface area contributed by atoms with Crippen molar-refractivity contribution in [3.8, 4) is 5.75 Å². The number of nitrogens with one attached hydrogen (secondary N) is 1. The highest BCUT2D eigenvalue weighted by Gasteiger charge is 2.29. The summed E-state index contributed by atoms with van der Waals surface area (Å²) in [6.07, 6.45) is -0.550. The predicted octanol–water partition coefficient (Wildman–Crippen LogP) is 2.63. The van der Waals surface area contributed by atoms with Crippen molar-refractivity contribution in [1.82, 2.24) is 5.32 Å². The Morgan fingerprint density at radius 1 is 1.42 bits per heavy atom. The number of nitro groups is 1. The predicted molar refractivity (Wildman–Crippen MR) is 87.2 cm³/mol. The number of carboxylic acid groups (broad SMARTS) is 1. The van der Waals surface area contributed by atoms with Crippen LogP contribution in [-0.2, 0) is 9.59 Å². The summed E-state index contributed by atoms with van der Waals surface area (Å²) >= 11 is 5.71. The molecule has 0 spiro atoms. The Balaban J connectivity index is 2.88. The van der Waals surface area contributed by atoms with E-state index >= 15 is 0 Å². The Hall–Kier alpha value is -2.35. The van der Waals surface area contributed by atoms with E-state index in [1.807, 2.05) is 6.92 Å². The van der Waals surface area contributed by atoms with Gasteiger partial charge >= 0.3 is 11.7 Å². The molecule has 0 aliphatic heterocycles. The molecule has 1 aromatic rings. The van der Waals surface area contributed by atoms with E-state index in [1.54, 1.807) is 6.92 Å². The summed E-state index contributed by atoms with van der Waals surface area (Å²) in [5.74, 6) is -2.22. The maximum absolute atomic E-state index is 12.1. The third kappa shape index (κ3) is 5.09. The largest absolute Gasteiger partial charge is 0.480 e. The molecule has 0 aliphatic rings. The molecule has 1 aromatic carbocycles. The molecule has 1 unspecified atom stereocenters. The van der Waals surface area contributed by atoms with Gasteiger partial charge in [0.1, 0.15) is 6.04 Å². The molecule has 0 aliphatic carbocycles. The van der Waals surface area contributed by atoms with Gasteiger partial charge in [-0.3, -0.25) is 14.9 Å². The first-order valence-electron chi connectivity index (χ1n) is 7.31. The zero-order valence-corrected chi connectivity index (χ0v) is 14.2. The van der Waals surface area contributed by atoms with Crippen LogP contribution < -0.4 is 10.1 Å². The molecule has 0 radical (unpaired) electrons. The van der Waals surface area contributed by atoms with Crippen LogP contribution in [0, 0.1) is 16.0 Å². The number of hydrogen-bond donors (Lipinski definition) is 2. The molecular formula is C15H19ClN2O6. The lowest BCUT2D eigenvalue weighted by Crippen LogP contribution is -2.49. The zero-order chi connectivity index (χ0) is 18.4. The smallest absolute Gasteiger partial charge is 0.326 e. The number of nitro benzene ring substituents is 1. The second-order valence-corrected chi connectivity index (χ2v) is 5.78. The first-order chi connectivity index (χ1) is 11.2. The summed E-state index contributed by atoms with van der Waals surface area (Å²) in [5, 5.41) is 22.7. The first-order valence-corrected chi connectivity index (χ1v) is 7.68. The normalized spacial score (nSPS) is 14.3. The Morgan fingerprint density at radius 2 is 2.04 bits per heavy atom.